The maximum absolute atomic E-state index is 14.5. The van der Waals surface area contributed by atoms with Crippen molar-refractivity contribution >= 4 is 35.1 Å². The van der Waals surface area contributed by atoms with Crippen molar-refractivity contribution in [3.63, 3.8) is 0 Å². The Morgan fingerprint density at radius 2 is 1.85 bits per heavy atom. The maximum Gasteiger partial charge on any atom is 0.339 e. The van der Waals surface area contributed by atoms with Gasteiger partial charge in [-0.05, 0) is 49.6 Å². The number of benzene rings is 1. The van der Waals surface area contributed by atoms with Crippen LogP contribution in [0.5, 0.6) is 0 Å². The molecule has 1 amide bonds. The van der Waals surface area contributed by atoms with Gasteiger partial charge in [0, 0.05) is 49.6 Å². The zero-order valence-electron chi connectivity index (χ0n) is 28.8. The molecule has 0 spiro atoms. The van der Waals surface area contributed by atoms with E-state index < -0.39 is 29.3 Å². The molecule has 0 radical (unpaired) electrons. The largest absolute Gasteiger partial charge is 0.439 e. The van der Waals surface area contributed by atoms with Crippen LogP contribution in [0.25, 0.3) is 16.3 Å². The van der Waals surface area contributed by atoms with Crippen LogP contribution in [0.4, 0.5) is 8.78 Å². The number of hydrogen-bond acceptors (Lipinski definition) is 12. The van der Waals surface area contributed by atoms with Gasteiger partial charge in [0.05, 0.1) is 42.4 Å². The highest BCUT2D eigenvalue weighted by Crippen LogP contribution is 2.24. The van der Waals surface area contributed by atoms with Crippen molar-refractivity contribution in [2.75, 3.05) is 32.9 Å². The number of rotatable bonds is 11. The lowest BCUT2D eigenvalue weighted by atomic mass is 9.96. The number of hydrogen-bond donors (Lipinski definition) is 3. The molecule has 4 N–H and O–H groups in total. The van der Waals surface area contributed by atoms with Gasteiger partial charge in [-0.2, -0.15) is 9.49 Å². The minimum atomic E-state index is -0.914. The zero-order valence-corrected chi connectivity index (χ0v) is 29.7. The average Bonchev–Trinajstić information content (AvgIpc) is 3.85. The van der Waals surface area contributed by atoms with E-state index in [1.54, 1.807) is 36.8 Å². The molecule has 1 aliphatic heterocycles. The molecule has 52 heavy (non-hydrogen) atoms. The molecule has 1 aliphatic carbocycles. The first-order valence-corrected chi connectivity index (χ1v) is 17.9. The van der Waals surface area contributed by atoms with Crippen LogP contribution < -0.4 is 11.1 Å². The van der Waals surface area contributed by atoms with Gasteiger partial charge in [-0.1, -0.05) is 31.4 Å². The number of aliphatic hydroxyl groups excluding tert-OH is 1. The number of aliphatic imine (C=N–C) groups is 1. The van der Waals surface area contributed by atoms with Gasteiger partial charge in [-0.25, -0.2) is 23.8 Å². The molecule has 6 rings (SSSR count). The lowest BCUT2D eigenvalue weighted by Gasteiger charge is -2.26. The number of nitrogens with one attached hydrogen (secondary N) is 1. The number of allylic oxidation sites excluding steroid dienone is 1. The first-order chi connectivity index (χ1) is 25.2. The Bertz CT molecular complexity index is 1850. The second-order valence-electron chi connectivity index (χ2n) is 12.1. The second-order valence-corrected chi connectivity index (χ2v) is 12.9. The number of esters is 1. The number of nitrogens with two attached hydrogens (primary N) is 1. The van der Waals surface area contributed by atoms with E-state index in [1.807, 2.05) is 12.1 Å². The van der Waals surface area contributed by atoms with E-state index in [0.29, 0.717) is 16.1 Å². The third kappa shape index (κ3) is 10.8. The fourth-order valence-corrected chi connectivity index (χ4v) is 6.30. The Morgan fingerprint density at radius 1 is 1.12 bits per heavy atom. The molecule has 3 aromatic heterocycles. The number of halogens is 2. The van der Waals surface area contributed by atoms with Gasteiger partial charge < -0.3 is 25.6 Å². The Morgan fingerprint density at radius 3 is 2.58 bits per heavy atom. The predicted molar refractivity (Wildman–Crippen MR) is 192 cm³/mol. The summed E-state index contributed by atoms with van der Waals surface area (Å²) >= 11 is 1.21. The summed E-state index contributed by atoms with van der Waals surface area (Å²) in [7, 11) is 0. The van der Waals surface area contributed by atoms with E-state index in [4.69, 9.17) is 20.3 Å². The lowest BCUT2D eigenvalue weighted by molar-refractivity contribution is 0.0341. The molecular formula is C36H42F2N8O5S. The van der Waals surface area contributed by atoms with Crippen LogP contribution in [-0.4, -0.2) is 86.8 Å². The molecular weight excluding hydrogens is 695 g/mol. The topological polar surface area (TPSA) is 170 Å². The van der Waals surface area contributed by atoms with Gasteiger partial charge in [0.25, 0.3) is 5.91 Å². The highest BCUT2D eigenvalue weighted by Gasteiger charge is 2.20. The van der Waals surface area contributed by atoms with E-state index >= 15 is 0 Å². The summed E-state index contributed by atoms with van der Waals surface area (Å²) in [6.07, 6.45) is 9.55. The van der Waals surface area contributed by atoms with Gasteiger partial charge in [-0.15, -0.1) is 11.3 Å². The molecule has 2 aliphatic rings. The number of aliphatic hydroxyl groups is 1. The van der Waals surface area contributed by atoms with Crippen molar-refractivity contribution in [3.05, 3.63) is 94.1 Å². The fourth-order valence-electron chi connectivity index (χ4n) is 5.53. The average molecular weight is 737 g/mol. The van der Waals surface area contributed by atoms with Crippen LogP contribution in [0.1, 0.15) is 71.1 Å². The standard InChI is InChI=1S/C34H36F2N8O4S.C2H6O/c35-26-10-11-29(36)42-31(26)30(37)27(17-38-25-4-2-1-3-5-25)40-32(45)28-20-49-33(41-28)24-16-39-44(19-24)21-48-34(46)23-8-6-22(7-9-23)18-43-12-14-47-15-13-43;1-2-3/h6-11,16-17,19-20,25H,1-5,12-15,18,21,37H2,(H,40,45);3H,2H2,1H3/b30-27+,38-17?;. The van der Waals surface area contributed by atoms with Gasteiger partial charge >= 0.3 is 5.97 Å². The molecule has 1 aromatic carbocycles. The molecule has 16 heteroatoms. The number of thiazole rings is 1. The highest BCUT2D eigenvalue weighted by molar-refractivity contribution is 7.13. The van der Waals surface area contributed by atoms with Gasteiger partial charge in [0.1, 0.15) is 16.4 Å². The quantitative estimate of drug-likeness (QED) is 0.111. The summed E-state index contributed by atoms with van der Waals surface area (Å²) in [5, 5.41) is 16.5. The molecule has 2 fully saturated rings. The number of carbonyl (C=O) groups excluding carboxylic acids is 2. The van der Waals surface area contributed by atoms with Crippen LogP contribution in [0, 0.1) is 11.8 Å². The number of amides is 1. The van der Waals surface area contributed by atoms with E-state index in [9.17, 15) is 18.4 Å². The van der Waals surface area contributed by atoms with Gasteiger partial charge in [0.2, 0.25) is 5.95 Å². The number of nitrogens with zero attached hydrogens (tertiary/aromatic N) is 6. The minimum absolute atomic E-state index is 0.0106. The number of aromatic nitrogens is 4. The highest BCUT2D eigenvalue weighted by atomic mass is 32.1. The van der Waals surface area contributed by atoms with E-state index in [-0.39, 0.29) is 36.5 Å². The van der Waals surface area contributed by atoms with Gasteiger partial charge in [-0.3, -0.25) is 14.7 Å². The van der Waals surface area contributed by atoms with Crippen molar-refractivity contribution < 1.29 is 33.0 Å². The summed E-state index contributed by atoms with van der Waals surface area (Å²) in [6.45, 7) is 5.82. The van der Waals surface area contributed by atoms with Crippen LogP contribution in [0.15, 0.2) is 64.9 Å². The van der Waals surface area contributed by atoms with Crippen LogP contribution in [0.3, 0.4) is 0 Å². The SMILES string of the molecule is CCO.N/C(=C(\C=NC1CCCCC1)NC(=O)c1csc(-c2cnn(COC(=O)c3ccc(CN4CCOCC4)cc3)c2)n1)c1nc(F)ccc1F. The molecule has 13 nitrogen and oxygen atoms in total. The fraction of sp³-hybridized carbons (Fsp3) is 0.389. The van der Waals surface area contributed by atoms with Crippen molar-refractivity contribution in [1.82, 2.24) is 30.0 Å². The second kappa shape index (κ2) is 19.1. The normalized spacial score (nSPS) is 15.8. The van der Waals surface area contributed by atoms with Crippen molar-refractivity contribution in [2.45, 2.75) is 58.3 Å². The van der Waals surface area contributed by atoms with Gasteiger partial charge in [0.15, 0.2) is 12.5 Å². The summed E-state index contributed by atoms with van der Waals surface area (Å²) in [4.78, 5) is 40.8. The number of carbonyl (C=O) groups is 2. The summed E-state index contributed by atoms with van der Waals surface area (Å²) in [5.74, 6) is -2.86. The zero-order chi connectivity index (χ0) is 36.9. The molecule has 0 unspecified atom stereocenters. The van der Waals surface area contributed by atoms with Crippen molar-refractivity contribution in [3.8, 4) is 10.6 Å². The smallest absolute Gasteiger partial charge is 0.339 e. The van der Waals surface area contributed by atoms with Crippen molar-refractivity contribution in [1.29, 1.82) is 0 Å². The Kier molecular flexibility index (Phi) is 14.1. The minimum Gasteiger partial charge on any atom is -0.439 e. The lowest BCUT2D eigenvalue weighted by Crippen LogP contribution is -2.35. The van der Waals surface area contributed by atoms with E-state index in [1.165, 1.54) is 22.2 Å². The molecule has 4 aromatic rings. The first kappa shape index (κ1) is 38.3. The Balaban J connectivity index is 0.00000168. The Hall–Kier alpha value is -4.90. The van der Waals surface area contributed by atoms with Crippen molar-refractivity contribution in [2.24, 2.45) is 10.7 Å². The number of pyridine rings is 1. The summed E-state index contributed by atoms with van der Waals surface area (Å²) < 4.78 is 40.7. The summed E-state index contributed by atoms with van der Waals surface area (Å²) in [6, 6.07) is 9.16. The first-order valence-electron chi connectivity index (χ1n) is 17.1. The third-order valence-electron chi connectivity index (χ3n) is 8.24. The van der Waals surface area contributed by atoms with Crippen LogP contribution in [-0.2, 0) is 22.7 Å². The molecule has 1 saturated carbocycles. The predicted octanol–water partition coefficient (Wildman–Crippen LogP) is 4.79. The Labute approximate surface area is 304 Å². The third-order valence-corrected chi connectivity index (χ3v) is 9.13. The monoisotopic (exact) mass is 736 g/mol. The molecule has 4 heterocycles. The molecule has 0 atom stereocenters. The van der Waals surface area contributed by atoms with E-state index in [2.05, 4.69) is 30.3 Å². The molecule has 276 valence electrons. The maximum atomic E-state index is 14.5. The number of morpholine rings is 1. The molecule has 1 saturated heterocycles. The summed E-state index contributed by atoms with van der Waals surface area (Å²) in [5.41, 5.74) is 7.72. The van der Waals surface area contributed by atoms with Crippen LogP contribution in [0.2, 0.25) is 0 Å². The van der Waals surface area contributed by atoms with E-state index in [0.717, 1.165) is 82.6 Å². The molecule has 0 bridgehead atoms. The number of ether oxygens (including phenoxy) is 2. The van der Waals surface area contributed by atoms with Crippen LogP contribution >= 0.6 is 11.3 Å².